The third kappa shape index (κ3) is 3.23. The number of alkyl halides is 3. The van der Waals surface area contributed by atoms with Crippen LogP contribution in [-0.2, 0) is 12.8 Å². The van der Waals surface area contributed by atoms with Crippen LogP contribution in [0.2, 0.25) is 0 Å². The Morgan fingerprint density at radius 2 is 1.80 bits per heavy atom. The van der Waals surface area contributed by atoms with Crippen LogP contribution in [0.5, 0.6) is 5.75 Å². The number of halogens is 3. The van der Waals surface area contributed by atoms with Gasteiger partial charge in [0.25, 0.3) is 0 Å². The molecule has 0 aliphatic carbocycles. The summed E-state index contributed by atoms with van der Waals surface area (Å²) in [5, 5.41) is 0. The fourth-order valence-electron chi connectivity index (χ4n) is 1.82. The molecule has 0 unspecified atom stereocenters. The van der Waals surface area contributed by atoms with Gasteiger partial charge in [-0.05, 0) is 36.2 Å². The molecule has 0 bridgehead atoms. The Kier molecular flexibility index (Phi) is 3.88. The number of ether oxygens (including phenoxy) is 1. The minimum atomic E-state index is -4.46. The zero-order chi connectivity index (χ0) is 14.8. The Morgan fingerprint density at radius 3 is 2.45 bits per heavy atom. The molecular formula is C15H14F3NO. The van der Waals surface area contributed by atoms with E-state index >= 15 is 0 Å². The smallest absolute Gasteiger partial charge is 0.418 e. The number of aryl methyl sites for hydroxylation is 1. The molecule has 2 aromatic rings. The average molecular weight is 281 g/mol. The normalized spacial score (nSPS) is 11.4. The molecule has 0 aromatic heterocycles. The lowest BCUT2D eigenvalue weighted by molar-refractivity contribution is -0.137. The molecule has 2 nitrogen and oxygen atoms in total. The number of benzene rings is 2. The van der Waals surface area contributed by atoms with Gasteiger partial charge in [0.1, 0.15) is 12.4 Å². The van der Waals surface area contributed by atoms with E-state index in [4.69, 9.17) is 10.5 Å². The van der Waals surface area contributed by atoms with Crippen molar-refractivity contribution in [1.82, 2.24) is 0 Å². The molecule has 106 valence electrons. The predicted molar refractivity (Wildman–Crippen MR) is 71.4 cm³/mol. The lowest BCUT2D eigenvalue weighted by Gasteiger charge is -2.13. The number of hydrogen-bond acceptors (Lipinski definition) is 2. The second-order valence-corrected chi connectivity index (χ2v) is 4.47. The van der Waals surface area contributed by atoms with Crippen LogP contribution >= 0.6 is 0 Å². The summed E-state index contributed by atoms with van der Waals surface area (Å²) in [5.41, 5.74) is 5.59. The number of rotatable bonds is 3. The van der Waals surface area contributed by atoms with Gasteiger partial charge in [0.2, 0.25) is 0 Å². The van der Waals surface area contributed by atoms with E-state index in [9.17, 15) is 13.2 Å². The number of nitrogen functional groups attached to an aromatic ring is 1. The molecule has 20 heavy (non-hydrogen) atoms. The molecule has 2 aromatic carbocycles. The van der Waals surface area contributed by atoms with Gasteiger partial charge >= 0.3 is 6.18 Å². The summed E-state index contributed by atoms with van der Waals surface area (Å²) in [7, 11) is 0. The number of anilines is 1. The summed E-state index contributed by atoms with van der Waals surface area (Å²) in [6, 6.07) is 11.1. The van der Waals surface area contributed by atoms with Gasteiger partial charge in [-0.1, -0.05) is 24.3 Å². The molecule has 0 aliphatic heterocycles. The van der Waals surface area contributed by atoms with Crippen molar-refractivity contribution >= 4 is 5.69 Å². The molecule has 0 saturated heterocycles. The molecule has 0 spiro atoms. The van der Waals surface area contributed by atoms with Crippen LogP contribution in [0.25, 0.3) is 0 Å². The highest BCUT2D eigenvalue weighted by Gasteiger charge is 2.33. The fraction of sp³-hybridized carbons (Fsp3) is 0.200. The molecule has 0 heterocycles. The minimum Gasteiger partial charge on any atom is -0.489 e. The van der Waals surface area contributed by atoms with Gasteiger partial charge in [-0.3, -0.25) is 0 Å². The summed E-state index contributed by atoms with van der Waals surface area (Å²) >= 11 is 0. The van der Waals surface area contributed by atoms with Crippen molar-refractivity contribution in [2.75, 3.05) is 5.73 Å². The van der Waals surface area contributed by atoms with Gasteiger partial charge in [-0.2, -0.15) is 13.2 Å². The quantitative estimate of drug-likeness (QED) is 0.857. The maximum absolute atomic E-state index is 12.7. The Labute approximate surface area is 115 Å². The topological polar surface area (TPSA) is 35.2 Å². The summed E-state index contributed by atoms with van der Waals surface area (Å²) < 4.78 is 43.7. The maximum atomic E-state index is 12.7. The lowest BCUT2D eigenvalue weighted by Crippen LogP contribution is -2.10. The van der Waals surface area contributed by atoms with Gasteiger partial charge in [0.15, 0.2) is 0 Å². The first-order valence-electron chi connectivity index (χ1n) is 6.02. The molecule has 5 heteroatoms. The highest BCUT2D eigenvalue weighted by molar-refractivity contribution is 5.50. The second-order valence-electron chi connectivity index (χ2n) is 4.47. The Bertz CT molecular complexity index is 608. The zero-order valence-corrected chi connectivity index (χ0v) is 10.9. The van der Waals surface area contributed by atoms with Crippen LogP contribution in [0.3, 0.4) is 0 Å². The van der Waals surface area contributed by atoms with Crippen LogP contribution < -0.4 is 10.5 Å². The molecule has 0 atom stereocenters. The third-order valence-electron chi connectivity index (χ3n) is 2.91. The van der Waals surface area contributed by atoms with Gasteiger partial charge in [0, 0.05) is 5.69 Å². The minimum absolute atomic E-state index is 0.0637. The van der Waals surface area contributed by atoms with Crippen LogP contribution in [0, 0.1) is 6.92 Å². The molecule has 0 fully saturated rings. The monoisotopic (exact) mass is 281 g/mol. The van der Waals surface area contributed by atoms with Crippen molar-refractivity contribution in [2.24, 2.45) is 0 Å². The molecule has 0 amide bonds. The number of para-hydroxylation sites is 1. The van der Waals surface area contributed by atoms with Crippen molar-refractivity contribution < 1.29 is 17.9 Å². The average Bonchev–Trinajstić information content (AvgIpc) is 2.38. The van der Waals surface area contributed by atoms with Gasteiger partial charge in [-0.25, -0.2) is 0 Å². The molecule has 0 radical (unpaired) electrons. The van der Waals surface area contributed by atoms with E-state index in [0.29, 0.717) is 11.3 Å². The van der Waals surface area contributed by atoms with E-state index in [1.807, 2.05) is 25.1 Å². The van der Waals surface area contributed by atoms with Crippen molar-refractivity contribution in [3.05, 3.63) is 59.2 Å². The summed E-state index contributed by atoms with van der Waals surface area (Å²) in [4.78, 5) is 0. The first kappa shape index (κ1) is 14.2. The van der Waals surface area contributed by atoms with Crippen molar-refractivity contribution in [2.45, 2.75) is 19.7 Å². The summed E-state index contributed by atoms with van der Waals surface area (Å²) in [5.74, 6) is 0.651. The highest BCUT2D eigenvalue weighted by atomic mass is 19.4. The third-order valence-corrected chi connectivity index (χ3v) is 2.91. The van der Waals surface area contributed by atoms with E-state index in [1.165, 1.54) is 12.1 Å². The van der Waals surface area contributed by atoms with Crippen LogP contribution in [0.4, 0.5) is 18.9 Å². The molecule has 0 aliphatic rings. The van der Waals surface area contributed by atoms with E-state index in [-0.39, 0.29) is 12.3 Å². The summed E-state index contributed by atoms with van der Waals surface area (Å²) in [6.07, 6.45) is -4.46. The highest BCUT2D eigenvalue weighted by Crippen LogP contribution is 2.34. The van der Waals surface area contributed by atoms with E-state index in [2.05, 4.69) is 0 Å². The number of hydrogen-bond donors (Lipinski definition) is 1. The zero-order valence-electron chi connectivity index (χ0n) is 10.9. The SMILES string of the molecule is Cc1ccccc1OCc1ccc(N)c(C(F)(F)F)c1. The van der Waals surface area contributed by atoms with Gasteiger partial charge in [0.05, 0.1) is 5.56 Å². The largest absolute Gasteiger partial charge is 0.489 e. The first-order valence-corrected chi connectivity index (χ1v) is 6.02. The molecular weight excluding hydrogens is 267 g/mol. The van der Waals surface area contributed by atoms with Crippen LogP contribution in [0.15, 0.2) is 42.5 Å². The first-order chi connectivity index (χ1) is 9.38. The van der Waals surface area contributed by atoms with Gasteiger partial charge in [-0.15, -0.1) is 0 Å². The van der Waals surface area contributed by atoms with Crippen LogP contribution in [-0.4, -0.2) is 0 Å². The second kappa shape index (κ2) is 5.45. The summed E-state index contributed by atoms with van der Waals surface area (Å²) in [6.45, 7) is 1.94. The van der Waals surface area contributed by atoms with E-state index in [0.717, 1.165) is 11.6 Å². The molecule has 2 N–H and O–H groups in total. The van der Waals surface area contributed by atoms with Crippen molar-refractivity contribution in [3.8, 4) is 5.75 Å². The standard InChI is InChI=1S/C15H14F3NO/c1-10-4-2-3-5-14(10)20-9-11-6-7-13(19)12(8-11)15(16,17)18/h2-8H,9,19H2,1H3. The Hall–Kier alpha value is -2.17. The van der Waals surface area contributed by atoms with E-state index < -0.39 is 11.7 Å². The Morgan fingerprint density at radius 1 is 1.10 bits per heavy atom. The molecule has 0 saturated carbocycles. The van der Waals surface area contributed by atoms with Gasteiger partial charge < -0.3 is 10.5 Å². The van der Waals surface area contributed by atoms with Crippen molar-refractivity contribution in [3.63, 3.8) is 0 Å². The fourth-order valence-corrected chi connectivity index (χ4v) is 1.82. The van der Waals surface area contributed by atoms with Crippen molar-refractivity contribution in [1.29, 1.82) is 0 Å². The van der Waals surface area contributed by atoms with Crippen LogP contribution in [0.1, 0.15) is 16.7 Å². The van der Waals surface area contributed by atoms with E-state index in [1.54, 1.807) is 6.07 Å². The number of nitrogens with two attached hydrogens (primary N) is 1. The predicted octanol–water partition coefficient (Wildman–Crippen LogP) is 4.18. The Balaban J connectivity index is 2.17. The lowest BCUT2D eigenvalue weighted by atomic mass is 10.1. The maximum Gasteiger partial charge on any atom is 0.418 e. The molecule has 2 rings (SSSR count).